The lowest BCUT2D eigenvalue weighted by Gasteiger charge is -2.11. The molecule has 0 bridgehead atoms. The van der Waals surface area contributed by atoms with Crippen molar-refractivity contribution in [3.8, 4) is 0 Å². The predicted molar refractivity (Wildman–Crippen MR) is 62.9 cm³/mol. The highest BCUT2D eigenvalue weighted by Crippen LogP contribution is 2.18. The van der Waals surface area contributed by atoms with Gasteiger partial charge in [-0.05, 0) is 49.5 Å². The maximum Gasteiger partial charge on any atom is -0.00113 e. The summed E-state index contributed by atoms with van der Waals surface area (Å²) in [7, 11) is 2.00. The lowest BCUT2D eigenvalue weighted by Crippen LogP contribution is -2.11. The number of rotatable bonds is 4. The molecule has 0 aliphatic heterocycles. The molecule has 78 valence electrons. The van der Waals surface area contributed by atoms with Gasteiger partial charge in [0.05, 0.1) is 0 Å². The molecule has 0 aromatic heterocycles. The quantitative estimate of drug-likeness (QED) is 0.771. The van der Waals surface area contributed by atoms with Crippen LogP contribution in [0.1, 0.15) is 36.5 Å². The average Bonchev–Trinajstić information content (AvgIpc) is 2.16. The lowest BCUT2D eigenvalue weighted by molar-refractivity contribution is 0.783. The highest BCUT2D eigenvalue weighted by atomic mass is 14.8. The molecule has 0 heterocycles. The van der Waals surface area contributed by atoms with Crippen LogP contribution in [-0.4, -0.2) is 13.6 Å². The molecule has 1 aromatic carbocycles. The molecule has 0 saturated heterocycles. The molecule has 0 unspecified atom stereocenters. The molecule has 0 saturated carbocycles. The summed E-state index contributed by atoms with van der Waals surface area (Å²) in [5, 5.41) is 3.19. The first kappa shape index (κ1) is 11.3. The van der Waals surface area contributed by atoms with Crippen molar-refractivity contribution in [1.82, 2.24) is 5.32 Å². The van der Waals surface area contributed by atoms with Crippen LogP contribution < -0.4 is 5.32 Å². The summed E-state index contributed by atoms with van der Waals surface area (Å²) in [4.78, 5) is 0. The van der Waals surface area contributed by atoms with E-state index in [0.717, 1.165) is 13.0 Å². The van der Waals surface area contributed by atoms with E-state index in [2.05, 4.69) is 44.3 Å². The summed E-state index contributed by atoms with van der Waals surface area (Å²) >= 11 is 0. The van der Waals surface area contributed by atoms with Gasteiger partial charge >= 0.3 is 0 Å². The van der Waals surface area contributed by atoms with E-state index >= 15 is 0 Å². The van der Waals surface area contributed by atoms with Gasteiger partial charge in [0.25, 0.3) is 0 Å². The highest BCUT2D eigenvalue weighted by Gasteiger charge is 2.02. The number of hydrogen-bond acceptors (Lipinski definition) is 1. The van der Waals surface area contributed by atoms with Gasteiger partial charge in [-0.2, -0.15) is 0 Å². The van der Waals surface area contributed by atoms with Crippen LogP contribution in [0.2, 0.25) is 0 Å². The number of nitrogens with one attached hydrogen (secondary N) is 1. The molecule has 1 heteroatoms. The summed E-state index contributed by atoms with van der Waals surface area (Å²) in [6.07, 6.45) is 1.13. The van der Waals surface area contributed by atoms with Crippen LogP contribution in [0.15, 0.2) is 18.2 Å². The molecule has 0 fully saturated rings. The average molecular weight is 191 g/mol. The first-order chi connectivity index (χ1) is 6.65. The Morgan fingerprint density at radius 1 is 1.29 bits per heavy atom. The normalized spacial score (nSPS) is 10.9. The molecule has 1 nitrogen and oxygen atoms in total. The van der Waals surface area contributed by atoms with Crippen LogP contribution in [-0.2, 0) is 6.42 Å². The van der Waals surface area contributed by atoms with Crippen molar-refractivity contribution in [2.45, 2.75) is 33.1 Å². The van der Waals surface area contributed by atoms with E-state index in [1.807, 2.05) is 7.05 Å². The Labute approximate surface area is 87.5 Å². The van der Waals surface area contributed by atoms with Gasteiger partial charge < -0.3 is 5.32 Å². The summed E-state index contributed by atoms with van der Waals surface area (Å²) in [5.41, 5.74) is 4.33. The van der Waals surface area contributed by atoms with Crippen molar-refractivity contribution < 1.29 is 0 Å². The van der Waals surface area contributed by atoms with Gasteiger partial charge in [-0.3, -0.25) is 0 Å². The first-order valence-corrected chi connectivity index (χ1v) is 5.39. The summed E-state index contributed by atoms with van der Waals surface area (Å²) in [5.74, 6) is 0.629. The maximum atomic E-state index is 3.19. The predicted octanol–water partition coefficient (Wildman–Crippen LogP) is 2.88. The number of benzene rings is 1. The van der Waals surface area contributed by atoms with Gasteiger partial charge in [-0.1, -0.05) is 32.0 Å². The zero-order valence-electron chi connectivity index (χ0n) is 9.72. The molecule has 0 aliphatic rings. The fourth-order valence-electron chi connectivity index (χ4n) is 1.58. The Morgan fingerprint density at radius 3 is 2.57 bits per heavy atom. The van der Waals surface area contributed by atoms with E-state index in [0.29, 0.717) is 5.92 Å². The summed E-state index contributed by atoms with van der Waals surface area (Å²) in [6, 6.07) is 6.82. The van der Waals surface area contributed by atoms with Gasteiger partial charge in [0.2, 0.25) is 0 Å². The van der Waals surface area contributed by atoms with Crippen LogP contribution >= 0.6 is 0 Å². The van der Waals surface area contributed by atoms with E-state index in [1.54, 1.807) is 0 Å². The largest absolute Gasteiger partial charge is 0.319 e. The Kier molecular flexibility index (Phi) is 4.15. The fourth-order valence-corrected chi connectivity index (χ4v) is 1.58. The number of likely N-dealkylation sites (N-methyl/N-ethyl adjacent to an activating group) is 1. The molecule has 0 amide bonds. The van der Waals surface area contributed by atoms with E-state index in [-0.39, 0.29) is 0 Å². The maximum absolute atomic E-state index is 3.19. The second kappa shape index (κ2) is 5.16. The molecule has 14 heavy (non-hydrogen) atoms. The first-order valence-electron chi connectivity index (χ1n) is 5.39. The van der Waals surface area contributed by atoms with Crippen LogP contribution in [0, 0.1) is 6.92 Å². The standard InChI is InChI=1S/C13H21N/c1-10(2)12-6-5-11(3)13(9-12)7-8-14-4/h5-6,9-10,14H,7-8H2,1-4H3. The van der Waals surface area contributed by atoms with Crippen LogP contribution in [0.3, 0.4) is 0 Å². The minimum atomic E-state index is 0.629. The lowest BCUT2D eigenvalue weighted by atomic mass is 9.96. The Hall–Kier alpha value is -0.820. The number of aryl methyl sites for hydroxylation is 1. The van der Waals surface area contributed by atoms with E-state index in [1.165, 1.54) is 16.7 Å². The number of hydrogen-bond donors (Lipinski definition) is 1. The van der Waals surface area contributed by atoms with Crippen molar-refractivity contribution in [2.24, 2.45) is 0 Å². The second-order valence-corrected chi connectivity index (χ2v) is 4.19. The van der Waals surface area contributed by atoms with Crippen molar-refractivity contribution in [3.63, 3.8) is 0 Å². The topological polar surface area (TPSA) is 12.0 Å². The third kappa shape index (κ3) is 2.85. The van der Waals surface area contributed by atoms with Crippen LogP contribution in [0.5, 0.6) is 0 Å². The van der Waals surface area contributed by atoms with Gasteiger partial charge in [-0.15, -0.1) is 0 Å². The zero-order valence-corrected chi connectivity index (χ0v) is 9.72. The van der Waals surface area contributed by atoms with E-state index in [9.17, 15) is 0 Å². The van der Waals surface area contributed by atoms with E-state index in [4.69, 9.17) is 0 Å². The van der Waals surface area contributed by atoms with Gasteiger partial charge in [-0.25, -0.2) is 0 Å². The van der Waals surface area contributed by atoms with Crippen LogP contribution in [0.25, 0.3) is 0 Å². The molecule has 0 spiro atoms. The monoisotopic (exact) mass is 191 g/mol. The van der Waals surface area contributed by atoms with Crippen LogP contribution in [0.4, 0.5) is 0 Å². The van der Waals surface area contributed by atoms with Gasteiger partial charge in [0, 0.05) is 0 Å². The van der Waals surface area contributed by atoms with E-state index < -0.39 is 0 Å². The molecule has 1 aromatic rings. The smallest absolute Gasteiger partial charge is 0.00113 e. The minimum absolute atomic E-state index is 0.629. The summed E-state index contributed by atoms with van der Waals surface area (Å²) < 4.78 is 0. The summed E-state index contributed by atoms with van der Waals surface area (Å²) in [6.45, 7) is 7.73. The zero-order chi connectivity index (χ0) is 10.6. The van der Waals surface area contributed by atoms with Crippen molar-refractivity contribution in [3.05, 3.63) is 34.9 Å². The minimum Gasteiger partial charge on any atom is -0.319 e. The molecule has 0 radical (unpaired) electrons. The Morgan fingerprint density at radius 2 is 2.00 bits per heavy atom. The van der Waals surface area contributed by atoms with Gasteiger partial charge in [0.1, 0.15) is 0 Å². The SMILES string of the molecule is CNCCc1cc(C(C)C)ccc1C. The molecule has 0 atom stereocenters. The van der Waals surface area contributed by atoms with Crippen molar-refractivity contribution in [1.29, 1.82) is 0 Å². The molecular weight excluding hydrogens is 170 g/mol. The fraction of sp³-hybridized carbons (Fsp3) is 0.538. The van der Waals surface area contributed by atoms with Crippen molar-refractivity contribution in [2.75, 3.05) is 13.6 Å². The Balaban J connectivity index is 2.85. The van der Waals surface area contributed by atoms with Crippen molar-refractivity contribution >= 4 is 0 Å². The molecule has 0 aliphatic carbocycles. The third-order valence-corrected chi connectivity index (χ3v) is 2.68. The highest BCUT2D eigenvalue weighted by molar-refractivity contribution is 5.32. The Bertz CT molecular complexity index is 289. The molecule has 1 rings (SSSR count). The molecule has 1 N–H and O–H groups in total. The van der Waals surface area contributed by atoms with Gasteiger partial charge in [0.15, 0.2) is 0 Å². The molecular formula is C13H21N. The second-order valence-electron chi connectivity index (χ2n) is 4.19. The third-order valence-electron chi connectivity index (χ3n) is 2.68.